The van der Waals surface area contributed by atoms with Gasteiger partial charge >= 0.3 is 21.0 Å². The normalized spacial score (nSPS) is 15.5. The molecule has 134 valence electrons. The van der Waals surface area contributed by atoms with Crippen molar-refractivity contribution in [3.63, 3.8) is 0 Å². The van der Waals surface area contributed by atoms with Gasteiger partial charge in [-0.25, -0.2) is 9.82 Å². The molecule has 0 aliphatic rings. The SMILES string of the molecule is CC(C)CCC/C=C(/CCOP(=O)(OOO)[P+](=O)O)CC(=O)O. The lowest BCUT2D eigenvalue weighted by Crippen LogP contribution is -2.02. The standard InChI is InChI=1S/C12H22O9P2/c1-10(2)5-3-4-6-11(9-12(13)14)7-8-19-23(18,21-20-15)22(16)17/h6,10H,3-5,7-9H2,1-2H3,(H2-,13,14,15,16,17)/p+1/b11-6-. The number of hydrogen-bond acceptors (Lipinski definition) is 7. The van der Waals surface area contributed by atoms with Crippen LogP contribution in [0.3, 0.4) is 0 Å². The molecule has 0 spiro atoms. The van der Waals surface area contributed by atoms with Crippen LogP contribution in [0.4, 0.5) is 0 Å². The maximum atomic E-state index is 11.7. The molecule has 0 aromatic rings. The number of hydrogen-bond donors (Lipinski definition) is 3. The Kier molecular flexibility index (Phi) is 11.5. The Hall–Kier alpha value is -0.660. The van der Waals surface area contributed by atoms with E-state index in [1.54, 1.807) is 6.08 Å². The summed E-state index contributed by atoms with van der Waals surface area (Å²) in [6, 6.07) is 0. The first kappa shape index (κ1) is 22.3. The van der Waals surface area contributed by atoms with Crippen molar-refractivity contribution in [3.8, 4) is 0 Å². The molecule has 0 bridgehead atoms. The zero-order valence-electron chi connectivity index (χ0n) is 13.1. The lowest BCUT2D eigenvalue weighted by Gasteiger charge is -2.07. The first-order chi connectivity index (χ1) is 10.7. The van der Waals surface area contributed by atoms with Gasteiger partial charge in [0.05, 0.1) is 13.0 Å². The first-order valence-electron chi connectivity index (χ1n) is 7.02. The molecule has 0 rings (SSSR count). The van der Waals surface area contributed by atoms with Gasteiger partial charge in [0.15, 0.2) is 0 Å². The minimum absolute atomic E-state index is 0.0932. The van der Waals surface area contributed by atoms with Crippen LogP contribution in [0.15, 0.2) is 11.6 Å². The molecule has 2 unspecified atom stereocenters. The highest BCUT2D eigenvalue weighted by Crippen LogP contribution is 2.68. The van der Waals surface area contributed by atoms with Crippen molar-refractivity contribution in [2.45, 2.75) is 46.0 Å². The van der Waals surface area contributed by atoms with E-state index in [0.717, 1.165) is 12.8 Å². The van der Waals surface area contributed by atoms with Gasteiger partial charge in [-0.05, 0) is 29.7 Å². The zero-order chi connectivity index (χ0) is 17.9. The van der Waals surface area contributed by atoms with Gasteiger partial charge in [-0.3, -0.25) is 9.32 Å². The molecule has 0 aliphatic heterocycles. The molecule has 11 heteroatoms. The number of rotatable bonds is 13. The fraction of sp³-hybridized carbons (Fsp3) is 0.750. The molecule has 0 aliphatic carbocycles. The molecule has 0 saturated heterocycles. The maximum Gasteiger partial charge on any atom is 0.635 e. The molecule has 0 fully saturated rings. The summed E-state index contributed by atoms with van der Waals surface area (Å²) in [5.74, 6) is -0.469. The molecule has 3 N–H and O–H groups in total. The second-order valence-corrected chi connectivity index (χ2v) is 9.56. The van der Waals surface area contributed by atoms with Crippen LogP contribution in [0, 0.1) is 5.92 Å². The largest absolute Gasteiger partial charge is 0.635 e. The minimum Gasteiger partial charge on any atom is -0.481 e. The summed E-state index contributed by atoms with van der Waals surface area (Å²) in [7, 11) is -7.89. The molecule has 2 atom stereocenters. The summed E-state index contributed by atoms with van der Waals surface area (Å²) in [6.45, 7) is 3.87. The van der Waals surface area contributed by atoms with Crippen LogP contribution in [0.25, 0.3) is 0 Å². The van der Waals surface area contributed by atoms with Gasteiger partial charge in [-0.1, -0.05) is 41.6 Å². The van der Waals surface area contributed by atoms with Crippen molar-refractivity contribution in [2.75, 3.05) is 6.61 Å². The van der Waals surface area contributed by atoms with E-state index in [9.17, 15) is 13.9 Å². The van der Waals surface area contributed by atoms with Crippen molar-refractivity contribution >= 4 is 21.0 Å². The lowest BCUT2D eigenvalue weighted by molar-refractivity contribution is -0.441. The Balaban J connectivity index is 4.54. The predicted octanol–water partition coefficient (Wildman–Crippen LogP) is 3.88. The second kappa shape index (κ2) is 11.8. The Morgan fingerprint density at radius 1 is 1.39 bits per heavy atom. The van der Waals surface area contributed by atoms with E-state index in [1.165, 1.54) is 0 Å². The van der Waals surface area contributed by atoms with Crippen LogP contribution in [0.2, 0.25) is 0 Å². The fourth-order valence-electron chi connectivity index (χ4n) is 1.72. The topological polar surface area (TPSA) is 140 Å². The maximum absolute atomic E-state index is 11.7. The van der Waals surface area contributed by atoms with Gasteiger partial charge < -0.3 is 5.11 Å². The summed E-state index contributed by atoms with van der Waals surface area (Å²) in [4.78, 5) is 19.7. The zero-order valence-corrected chi connectivity index (χ0v) is 14.9. The summed E-state index contributed by atoms with van der Waals surface area (Å²) in [5.41, 5.74) is 0.547. The molecule has 0 aromatic carbocycles. The molecule has 23 heavy (non-hydrogen) atoms. The van der Waals surface area contributed by atoms with E-state index in [4.69, 9.17) is 15.3 Å². The third kappa shape index (κ3) is 10.7. The van der Waals surface area contributed by atoms with Crippen LogP contribution in [0.1, 0.15) is 46.0 Å². The lowest BCUT2D eigenvalue weighted by atomic mass is 10.0. The number of carboxylic acids is 1. The fourth-order valence-corrected chi connectivity index (χ4v) is 3.13. The van der Waals surface area contributed by atoms with E-state index in [-0.39, 0.29) is 19.4 Å². The van der Waals surface area contributed by atoms with E-state index in [0.29, 0.717) is 17.9 Å². The Bertz CT molecular complexity index is 461. The number of carboxylic acid groups (broad SMARTS) is 1. The highest BCUT2D eigenvalue weighted by molar-refractivity contribution is 8.20. The number of aliphatic carboxylic acids is 1. The average molecular weight is 373 g/mol. The molecule has 0 amide bonds. The second-order valence-electron chi connectivity index (χ2n) is 5.21. The van der Waals surface area contributed by atoms with Crippen LogP contribution in [0.5, 0.6) is 0 Å². The van der Waals surface area contributed by atoms with Gasteiger partial charge in [0.2, 0.25) is 0 Å². The highest BCUT2D eigenvalue weighted by atomic mass is 32.1. The van der Waals surface area contributed by atoms with Crippen molar-refractivity contribution in [3.05, 3.63) is 11.6 Å². The summed E-state index contributed by atoms with van der Waals surface area (Å²) < 4.78 is 31.0. The predicted molar refractivity (Wildman–Crippen MR) is 81.8 cm³/mol. The summed E-state index contributed by atoms with van der Waals surface area (Å²) in [6.07, 6.45) is 4.27. The van der Waals surface area contributed by atoms with Crippen LogP contribution < -0.4 is 0 Å². The van der Waals surface area contributed by atoms with Crippen molar-refractivity contribution < 1.29 is 43.4 Å². The monoisotopic (exact) mass is 373 g/mol. The Morgan fingerprint density at radius 2 is 2.04 bits per heavy atom. The van der Waals surface area contributed by atoms with E-state index in [1.807, 2.05) is 0 Å². The minimum atomic E-state index is -4.51. The molecular formula is C12H23O9P2+. The Morgan fingerprint density at radius 3 is 2.52 bits per heavy atom. The van der Waals surface area contributed by atoms with Gasteiger partial charge in [0, 0.05) is 0 Å². The highest BCUT2D eigenvalue weighted by Gasteiger charge is 2.51. The van der Waals surface area contributed by atoms with Crippen LogP contribution in [-0.4, -0.2) is 27.8 Å². The number of allylic oxidation sites excluding steroid dienone is 1. The molecule has 0 radical (unpaired) electrons. The molecule has 0 aromatic heterocycles. The smallest absolute Gasteiger partial charge is 0.481 e. The van der Waals surface area contributed by atoms with E-state index in [2.05, 4.69) is 28.1 Å². The van der Waals surface area contributed by atoms with Crippen molar-refractivity contribution in [1.82, 2.24) is 0 Å². The van der Waals surface area contributed by atoms with E-state index >= 15 is 0 Å². The third-order valence-electron chi connectivity index (χ3n) is 2.81. The molecule has 0 heterocycles. The number of unbranched alkanes of at least 4 members (excludes halogenated alkanes) is 1. The summed E-state index contributed by atoms with van der Waals surface area (Å²) >= 11 is 0. The van der Waals surface area contributed by atoms with Crippen molar-refractivity contribution in [2.24, 2.45) is 5.92 Å². The number of carbonyl (C=O) groups is 1. The first-order valence-corrected chi connectivity index (χ1v) is 10.5. The van der Waals surface area contributed by atoms with Gasteiger partial charge in [-0.2, -0.15) is 4.89 Å². The van der Waals surface area contributed by atoms with Crippen LogP contribution >= 0.6 is 15.0 Å². The van der Waals surface area contributed by atoms with Crippen molar-refractivity contribution in [1.29, 1.82) is 0 Å². The third-order valence-corrected chi connectivity index (χ3v) is 5.80. The molecule has 0 saturated carbocycles. The summed E-state index contributed by atoms with van der Waals surface area (Å²) in [5, 5.41) is 20.1. The average Bonchev–Trinajstić information content (AvgIpc) is 2.42. The van der Waals surface area contributed by atoms with Crippen LogP contribution in [-0.2, 0) is 28.2 Å². The quantitative estimate of drug-likeness (QED) is 0.144. The molecule has 9 nitrogen and oxygen atoms in total. The molecular weight excluding hydrogens is 350 g/mol. The van der Waals surface area contributed by atoms with E-state index < -0.39 is 21.0 Å². The van der Waals surface area contributed by atoms with Gasteiger partial charge in [0.25, 0.3) is 0 Å². The Labute approximate surface area is 135 Å². The van der Waals surface area contributed by atoms with Gasteiger partial charge in [0.1, 0.15) is 0 Å². The van der Waals surface area contributed by atoms with Gasteiger partial charge in [-0.15, -0.1) is 0 Å².